The van der Waals surface area contributed by atoms with Gasteiger partial charge in [-0.15, -0.1) is 11.3 Å². The SMILES string of the molecule is Cc1ccc(C(NC(=O)CSc2ccc(S(=O)(=O)N3CCCC3)cn2)c2cccs2)cc1. The monoisotopic (exact) mass is 487 g/mol. The molecule has 3 heterocycles. The van der Waals surface area contributed by atoms with Crippen molar-refractivity contribution in [3.63, 3.8) is 0 Å². The number of sulfonamides is 1. The second-order valence-corrected chi connectivity index (χ2v) is 11.6. The molecule has 1 N–H and O–H groups in total. The lowest BCUT2D eigenvalue weighted by Crippen LogP contribution is -2.30. The highest BCUT2D eigenvalue weighted by molar-refractivity contribution is 7.99. The second kappa shape index (κ2) is 10.2. The van der Waals surface area contributed by atoms with Gasteiger partial charge in [-0.3, -0.25) is 4.79 Å². The lowest BCUT2D eigenvalue weighted by atomic mass is 10.0. The Morgan fingerprint density at radius 3 is 2.53 bits per heavy atom. The zero-order valence-corrected chi connectivity index (χ0v) is 20.2. The summed E-state index contributed by atoms with van der Waals surface area (Å²) in [6.07, 6.45) is 3.17. The summed E-state index contributed by atoms with van der Waals surface area (Å²) in [5.74, 6) is 0.0865. The van der Waals surface area contributed by atoms with E-state index in [0.29, 0.717) is 18.1 Å². The number of amides is 1. The van der Waals surface area contributed by atoms with Gasteiger partial charge in [0.25, 0.3) is 0 Å². The van der Waals surface area contributed by atoms with Gasteiger partial charge in [0.15, 0.2) is 0 Å². The summed E-state index contributed by atoms with van der Waals surface area (Å²) in [6, 6.07) is 15.2. The van der Waals surface area contributed by atoms with Gasteiger partial charge >= 0.3 is 0 Å². The van der Waals surface area contributed by atoms with Crippen LogP contribution in [0.2, 0.25) is 0 Å². The van der Waals surface area contributed by atoms with Crippen molar-refractivity contribution in [1.29, 1.82) is 0 Å². The van der Waals surface area contributed by atoms with E-state index in [1.165, 1.54) is 27.8 Å². The summed E-state index contributed by atoms with van der Waals surface area (Å²) < 4.78 is 26.7. The number of pyridine rings is 1. The Morgan fingerprint density at radius 1 is 1.16 bits per heavy atom. The molecule has 6 nitrogen and oxygen atoms in total. The van der Waals surface area contributed by atoms with Gasteiger partial charge in [0.1, 0.15) is 4.90 Å². The number of carbonyl (C=O) groups is 1. The molecule has 0 bridgehead atoms. The van der Waals surface area contributed by atoms with Crippen molar-refractivity contribution in [2.45, 2.75) is 35.7 Å². The first-order valence-electron chi connectivity index (χ1n) is 10.4. The van der Waals surface area contributed by atoms with Crippen LogP contribution in [0.1, 0.15) is 34.9 Å². The molecule has 3 aromatic rings. The fourth-order valence-corrected chi connectivity index (χ4v) is 6.48. The Balaban J connectivity index is 1.39. The minimum atomic E-state index is -3.48. The van der Waals surface area contributed by atoms with Crippen LogP contribution in [0.5, 0.6) is 0 Å². The Morgan fingerprint density at radius 2 is 1.91 bits per heavy atom. The summed E-state index contributed by atoms with van der Waals surface area (Å²) >= 11 is 2.89. The normalized spacial score (nSPS) is 15.5. The van der Waals surface area contributed by atoms with Gasteiger partial charge in [-0.05, 0) is 48.9 Å². The Kier molecular flexibility index (Phi) is 7.30. The van der Waals surface area contributed by atoms with Gasteiger partial charge in [0.2, 0.25) is 15.9 Å². The second-order valence-electron chi connectivity index (χ2n) is 7.66. The summed E-state index contributed by atoms with van der Waals surface area (Å²) in [4.78, 5) is 18.2. The Bertz CT molecular complexity index is 1140. The van der Waals surface area contributed by atoms with Crippen LogP contribution in [0.25, 0.3) is 0 Å². The van der Waals surface area contributed by atoms with Crippen molar-refractivity contribution < 1.29 is 13.2 Å². The molecule has 0 saturated carbocycles. The highest BCUT2D eigenvalue weighted by atomic mass is 32.2. The number of nitrogens with one attached hydrogen (secondary N) is 1. The first kappa shape index (κ1) is 23.0. The number of aromatic nitrogens is 1. The minimum Gasteiger partial charge on any atom is -0.344 e. The zero-order chi connectivity index (χ0) is 22.6. The molecule has 2 aromatic heterocycles. The highest BCUT2D eigenvalue weighted by Gasteiger charge is 2.27. The number of nitrogens with zero attached hydrogens (tertiary/aromatic N) is 2. The van der Waals surface area contributed by atoms with E-state index >= 15 is 0 Å². The molecule has 1 fully saturated rings. The average Bonchev–Trinajstić information content (AvgIpc) is 3.52. The molecule has 1 saturated heterocycles. The Hall–Kier alpha value is -2.20. The predicted octanol–water partition coefficient (Wildman–Crippen LogP) is 4.23. The fraction of sp³-hybridized carbons (Fsp3) is 0.304. The lowest BCUT2D eigenvalue weighted by molar-refractivity contribution is -0.119. The van der Waals surface area contributed by atoms with Crippen molar-refractivity contribution in [3.05, 3.63) is 76.1 Å². The van der Waals surface area contributed by atoms with Crippen LogP contribution in [0, 0.1) is 6.92 Å². The molecule has 0 spiro atoms. The van der Waals surface area contributed by atoms with E-state index in [0.717, 1.165) is 23.3 Å². The van der Waals surface area contributed by atoms with Gasteiger partial charge in [-0.25, -0.2) is 13.4 Å². The molecule has 1 aromatic carbocycles. The standard InChI is InChI=1S/C23H25N3O3S3/c1-17-6-8-18(9-7-17)23(20-5-4-14-30-20)25-21(27)16-31-22-11-10-19(15-24-22)32(28,29)26-12-2-3-13-26/h4-11,14-15,23H,2-3,12-13,16H2,1H3,(H,25,27). The number of carbonyl (C=O) groups excluding carboxylic acids is 1. The van der Waals surface area contributed by atoms with Crippen LogP contribution in [-0.4, -0.2) is 42.5 Å². The van der Waals surface area contributed by atoms with Crippen LogP contribution in [0.15, 0.2) is 70.0 Å². The van der Waals surface area contributed by atoms with Crippen molar-refractivity contribution in [3.8, 4) is 0 Å². The molecule has 9 heteroatoms. The highest BCUT2D eigenvalue weighted by Crippen LogP contribution is 2.27. The summed E-state index contributed by atoms with van der Waals surface area (Å²) in [6.45, 7) is 3.16. The third kappa shape index (κ3) is 5.40. The van der Waals surface area contributed by atoms with Crippen molar-refractivity contribution in [1.82, 2.24) is 14.6 Å². The first-order valence-corrected chi connectivity index (χ1v) is 13.7. The zero-order valence-electron chi connectivity index (χ0n) is 17.7. The van der Waals surface area contributed by atoms with Crippen LogP contribution in [0.4, 0.5) is 0 Å². The van der Waals surface area contributed by atoms with E-state index in [4.69, 9.17) is 0 Å². The predicted molar refractivity (Wildman–Crippen MR) is 128 cm³/mol. The molecule has 1 aliphatic heterocycles. The largest absolute Gasteiger partial charge is 0.344 e. The number of hydrogen-bond acceptors (Lipinski definition) is 6. The molecular formula is C23H25N3O3S3. The lowest BCUT2D eigenvalue weighted by Gasteiger charge is -2.18. The third-order valence-corrected chi connectivity index (χ3v) is 9.07. The number of aryl methyl sites for hydroxylation is 1. The topological polar surface area (TPSA) is 79.4 Å². The maximum absolute atomic E-state index is 12.7. The Labute approximate surface area is 197 Å². The molecule has 168 valence electrons. The van der Waals surface area contributed by atoms with E-state index in [2.05, 4.69) is 10.3 Å². The fourth-order valence-electron chi connectivity index (χ4n) is 3.56. The van der Waals surface area contributed by atoms with E-state index in [9.17, 15) is 13.2 Å². The van der Waals surface area contributed by atoms with Crippen molar-refractivity contribution >= 4 is 39.0 Å². The van der Waals surface area contributed by atoms with Crippen molar-refractivity contribution in [2.75, 3.05) is 18.8 Å². The van der Waals surface area contributed by atoms with E-state index < -0.39 is 10.0 Å². The molecule has 0 aliphatic carbocycles. The van der Waals surface area contributed by atoms with Crippen LogP contribution < -0.4 is 5.32 Å². The molecule has 1 aliphatic rings. The minimum absolute atomic E-state index is 0.107. The molecule has 0 radical (unpaired) electrons. The van der Waals surface area contributed by atoms with Gasteiger partial charge < -0.3 is 5.32 Å². The van der Waals surface area contributed by atoms with Crippen LogP contribution >= 0.6 is 23.1 Å². The van der Waals surface area contributed by atoms with Gasteiger partial charge in [-0.2, -0.15) is 4.31 Å². The van der Waals surface area contributed by atoms with Gasteiger partial charge in [0, 0.05) is 24.2 Å². The third-order valence-electron chi connectivity index (χ3n) is 5.31. The van der Waals surface area contributed by atoms with Gasteiger partial charge in [-0.1, -0.05) is 47.7 Å². The van der Waals surface area contributed by atoms with E-state index in [-0.39, 0.29) is 22.6 Å². The van der Waals surface area contributed by atoms with Crippen LogP contribution in [0.3, 0.4) is 0 Å². The number of thioether (sulfide) groups is 1. The maximum atomic E-state index is 12.7. The number of hydrogen-bond donors (Lipinski definition) is 1. The summed E-state index contributed by atoms with van der Waals surface area (Å²) in [5.41, 5.74) is 2.20. The number of benzene rings is 1. The molecule has 1 atom stereocenters. The first-order chi connectivity index (χ1) is 15.4. The molecule has 1 amide bonds. The van der Waals surface area contributed by atoms with Crippen LogP contribution in [-0.2, 0) is 14.8 Å². The molecule has 1 unspecified atom stereocenters. The smallest absolute Gasteiger partial charge is 0.244 e. The quantitative estimate of drug-likeness (QED) is 0.481. The molecule has 4 rings (SSSR count). The maximum Gasteiger partial charge on any atom is 0.244 e. The number of thiophene rings is 1. The van der Waals surface area contributed by atoms with E-state index in [1.807, 2.05) is 48.7 Å². The molecular weight excluding hydrogens is 462 g/mol. The van der Waals surface area contributed by atoms with Gasteiger partial charge in [0.05, 0.1) is 16.8 Å². The summed E-state index contributed by atoms with van der Waals surface area (Å²) in [5, 5.41) is 5.73. The molecule has 32 heavy (non-hydrogen) atoms. The number of rotatable bonds is 8. The summed E-state index contributed by atoms with van der Waals surface area (Å²) in [7, 11) is -3.48. The van der Waals surface area contributed by atoms with Crippen molar-refractivity contribution in [2.24, 2.45) is 0 Å². The van der Waals surface area contributed by atoms with E-state index in [1.54, 1.807) is 23.5 Å². The average molecular weight is 488 g/mol.